The Kier molecular flexibility index (Phi) is 6.09. The molecular weight excluding hydrogens is 400 g/mol. The Bertz CT molecular complexity index is 912. The first kappa shape index (κ1) is 21.5. The van der Waals surface area contributed by atoms with E-state index in [0.29, 0.717) is 11.1 Å². The highest BCUT2D eigenvalue weighted by molar-refractivity contribution is 5.89. The Hall–Kier alpha value is -2.74. The number of fused-ring (bicyclic) bond motifs is 1. The highest BCUT2D eigenvalue weighted by Gasteiger charge is 2.57. The summed E-state index contributed by atoms with van der Waals surface area (Å²) < 4.78 is 29.1. The number of hydrogen-bond acceptors (Lipinski definition) is 7. The zero-order chi connectivity index (χ0) is 22.0. The number of carbonyl (C=O) groups is 2. The van der Waals surface area contributed by atoms with E-state index in [2.05, 4.69) is 0 Å². The van der Waals surface area contributed by atoms with Crippen molar-refractivity contribution in [1.82, 2.24) is 0 Å². The molecule has 164 valence electrons. The third kappa shape index (κ3) is 4.79. The van der Waals surface area contributed by atoms with Crippen molar-refractivity contribution in [2.45, 2.75) is 51.2 Å². The zero-order valence-electron chi connectivity index (χ0n) is 17.7. The molecule has 0 aromatic heterocycles. The van der Waals surface area contributed by atoms with Crippen molar-refractivity contribution < 1.29 is 33.3 Å². The fraction of sp³-hybridized carbons (Fsp3) is 0.417. The Morgan fingerprint density at radius 1 is 0.935 bits per heavy atom. The normalized spacial score (nSPS) is 27.3. The lowest BCUT2D eigenvalue weighted by atomic mass is 9.93. The van der Waals surface area contributed by atoms with Crippen molar-refractivity contribution in [3.05, 3.63) is 71.8 Å². The highest BCUT2D eigenvalue weighted by Crippen LogP contribution is 2.43. The largest absolute Gasteiger partial charge is 0.459 e. The second-order valence-electron chi connectivity index (χ2n) is 8.16. The highest BCUT2D eigenvalue weighted by atomic mass is 16.8. The summed E-state index contributed by atoms with van der Waals surface area (Å²) in [6.45, 7) is 5.39. The smallest absolute Gasteiger partial charge is 0.338 e. The summed E-state index contributed by atoms with van der Waals surface area (Å²) in [6.07, 6.45) is -2.18. The molecule has 0 amide bonds. The first-order valence-electron chi connectivity index (χ1n) is 10.3. The van der Waals surface area contributed by atoms with Gasteiger partial charge in [-0.05, 0) is 45.0 Å². The maximum absolute atomic E-state index is 12.6. The van der Waals surface area contributed by atoms with Gasteiger partial charge >= 0.3 is 11.9 Å². The molecule has 0 bridgehead atoms. The molecule has 2 aromatic carbocycles. The van der Waals surface area contributed by atoms with E-state index < -0.39 is 42.3 Å². The third-order valence-electron chi connectivity index (χ3n) is 5.44. The van der Waals surface area contributed by atoms with Gasteiger partial charge in [0.05, 0.1) is 17.0 Å². The van der Waals surface area contributed by atoms with Gasteiger partial charge in [0.2, 0.25) is 0 Å². The van der Waals surface area contributed by atoms with Crippen molar-refractivity contribution in [2.24, 2.45) is 5.92 Å². The van der Waals surface area contributed by atoms with Crippen LogP contribution >= 0.6 is 0 Å². The van der Waals surface area contributed by atoms with Crippen LogP contribution in [0.15, 0.2) is 60.7 Å². The molecule has 5 atom stereocenters. The van der Waals surface area contributed by atoms with Crippen molar-refractivity contribution in [3.63, 3.8) is 0 Å². The summed E-state index contributed by atoms with van der Waals surface area (Å²) >= 11 is 0. The molecule has 0 saturated carbocycles. The van der Waals surface area contributed by atoms with Gasteiger partial charge in [-0.2, -0.15) is 0 Å². The van der Waals surface area contributed by atoms with Crippen molar-refractivity contribution in [3.8, 4) is 0 Å². The van der Waals surface area contributed by atoms with Crippen LogP contribution in [-0.4, -0.2) is 48.9 Å². The number of carbonyl (C=O) groups excluding carboxylic acids is 2. The lowest BCUT2D eigenvalue weighted by Gasteiger charge is -2.29. The van der Waals surface area contributed by atoms with Crippen LogP contribution in [0.25, 0.3) is 0 Å². The Balaban J connectivity index is 1.46. The zero-order valence-corrected chi connectivity index (χ0v) is 17.7. The second kappa shape index (κ2) is 8.78. The lowest BCUT2D eigenvalue weighted by molar-refractivity contribution is -0.217. The van der Waals surface area contributed by atoms with Crippen molar-refractivity contribution >= 4 is 11.9 Å². The maximum atomic E-state index is 12.6. The van der Waals surface area contributed by atoms with E-state index in [0.717, 1.165) is 0 Å². The molecular formula is C24H26O7. The van der Waals surface area contributed by atoms with E-state index in [4.69, 9.17) is 23.7 Å². The molecule has 2 saturated heterocycles. The molecule has 2 aliphatic rings. The van der Waals surface area contributed by atoms with E-state index >= 15 is 0 Å². The predicted molar refractivity (Wildman–Crippen MR) is 110 cm³/mol. The van der Waals surface area contributed by atoms with Gasteiger partial charge < -0.3 is 23.7 Å². The molecule has 31 heavy (non-hydrogen) atoms. The molecule has 2 aromatic rings. The monoisotopic (exact) mass is 426 g/mol. The van der Waals surface area contributed by atoms with Crippen LogP contribution in [0.4, 0.5) is 0 Å². The molecule has 2 aliphatic heterocycles. The van der Waals surface area contributed by atoms with E-state index in [1.54, 1.807) is 69.3 Å². The number of ether oxygens (including phenoxy) is 5. The molecule has 0 N–H and O–H groups in total. The summed E-state index contributed by atoms with van der Waals surface area (Å²) in [5, 5.41) is 0. The molecule has 7 heteroatoms. The summed E-state index contributed by atoms with van der Waals surface area (Å²) in [7, 11) is 0. The number of esters is 2. The Morgan fingerprint density at radius 2 is 1.52 bits per heavy atom. The fourth-order valence-electron chi connectivity index (χ4n) is 4.02. The van der Waals surface area contributed by atoms with E-state index in [9.17, 15) is 9.59 Å². The summed E-state index contributed by atoms with van der Waals surface area (Å²) in [5.74, 6) is -2.07. The standard InChI is InChI=1S/C24H26O7/c1-15(28-22(26)17-12-8-5-9-13-17)19-18(29-23-20(19)30-24(2,3)31-23)14-27-21(25)16-10-6-4-7-11-16/h4-13,15,18-20,23H,14H2,1-3H3/t15-,18-,19?,20-,23-/m1/s1. The average Bonchev–Trinajstić information content (AvgIpc) is 3.24. The SMILES string of the molecule is C[C@@H](OC(=O)c1ccccc1)C1[C@H]2OC(C)(C)O[C@H]2O[C@@H]1COC(=O)c1ccccc1. The predicted octanol–water partition coefficient (Wildman–Crippen LogP) is 3.58. The molecule has 0 spiro atoms. The summed E-state index contributed by atoms with van der Waals surface area (Å²) in [4.78, 5) is 24.9. The van der Waals surface area contributed by atoms with Gasteiger partial charge in [-0.1, -0.05) is 36.4 Å². The molecule has 2 fully saturated rings. The maximum Gasteiger partial charge on any atom is 0.338 e. The van der Waals surface area contributed by atoms with Gasteiger partial charge in [-0.15, -0.1) is 0 Å². The Labute approximate surface area is 181 Å². The molecule has 0 aliphatic carbocycles. The van der Waals surface area contributed by atoms with Crippen LogP contribution in [0.2, 0.25) is 0 Å². The Morgan fingerprint density at radius 3 is 2.13 bits per heavy atom. The van der Waals surface area contributed by atoms with Gasteiger partial charge in [0, 0.05) is 0 Å². The van der Waals surface area contributed by atoms with Crippen LogP contribution in [0.5, 0.6) is 0 Å². The topological polar surface area (TPSA) is 80.3 Å². The van der Waals surface area contributed by atoms with Crippen molar-refractivity contribution in [2.75, 3.05) is 6.61 Å². The van der Waals surface area contributed by atoms with Crippen LogP contribution < -0.4 is 0 Å². The van der Waals surface area contributed by atoms with Crippen LogP contribution in [-0.2, 0) is 23.7 Å². The van der Waals surface area contributed by atoms with E-state index in [1.807, 2.05) is 12.1 Å². The lowest BCUT2D eigenvalue weighted by Crippen LogP contribution is -2.41. The van der Waals surface area contributed by atoms with Gasteiger partial charge in [0.25, 0.3) is 0 Å². The first-order valence-corrected chi connectivity index (χ1v) is 10.3. The minimum Gasteiger partial charge on any atom is -0.459 e. The van der Waals surface area contributed by atoms with Gasteiger partial charge in [0.15, 0.2) is 12.1 Å². The quantitative estimate of drug-likeness (QED) is 0.653. The number of hydrogen-bond donors (Lipinski definition) is 0. The van der Waals surface area contributed by atoms with Gasteiger partial charge in [-0.3, -0.25) is 0 Å². The summed E-state index contributed by atoms with van der Waals surface area (Å²) in [5.41, 5.74) is 0.912. The summed E-state index contributed by atoms with van der Waals surface area (Å²) in [6, 6.07) is 17.5. The minimum absolute atomic E-state index is 0.00816. The van der Waals surface area contributed by atoms with Crippen LogP contribution in [0.1, 0.15) is 41.5 Å². The molecule has 4 rings (SSSR count). The number of rotatable bonds is 6. The second-order valence-corrected chi connectivity index (χ2v) is 8.16. The number of benzene rings is 2. The van der Waals surface area contributed by atoms with E-state index in [1.165, 1.54) is 0 Å². The molecule has 1 unspecified atom stereocenters. The minimum atomic E-state index is -0.817. The van der Waals surface area contributed by atoms with Gasteiger partial charge in [-0.25, -0.2) is 9.59 Å². The first-order chi connectivity index (χ1) is 14.8. The van der Waals surface area contributed by atoms with Crippen molar-refractivity contribution in [1.29, 1.82) is 0 Å². The molecule has 2 heterocycles. The molecule has 7 nitrogen and oxygen atoms in total. The van der Waals surface area contributed by atoms with E-state index in [-0.39, 0.29) is 12.5 Å². The third-order valence-corrected chi connectivity index (χ3v) is 5.44. The van der Waals surface area contributed by atoms with Crippen LogP contribution in [0, 0.1) is 5.92 Å². The molecule has 0 radical (unpaired) electrons. The fourth-order valence-corrected chi connectivity index (χ4v) is 4.02. The average molecular weight is 426 g/mol. The van der Waals surface area contributed by atoms with Crippen LogP contribution in [0.3, 0.4) is 0 Å². The van der Waals surface area contributed by atoms with Gasteiger partial charge in [0.1, 0.15) is 24.9 Å².